The predicted octanol–water partition coefficient (Wildman–Crippen LogP) is 2.10. The summed E-state index contributed by atoms with van der Waals surface area (Å²) in [5.41, 5.74) is 1.92. The van der Waals surface area contributed by atoms with E-state index in [-0.39, 0.29) is 30.0 Å². The topological polar surface area (TPSA) is 75.2 Å². The third kappa shape index (κ3) is 3.94. The molecule has 1 fully saturated rings. The molecule has 1 N–H and O–H groups in total. The number of aromatic nitrogens is 2. The number of halogens is 1. The lowest BCUT2D eigenvalue weighted by molar-refractivity contribution is -0.134. The first-order chi connectivity index (χ1) is 11.6. The van der Waals surface area contributed by atoms with Crippen molar-refractivity contribution in [2.45, 2.75) is 19.3 Å². The van der Waals surface area contributed by atoms with E-state index in [1.165, 1.54) is 17.4 Å². The van der Waals surface area contributed by atoms with Gasteiger partial charge in [-0.1, -0.05) is 29.5 Å². The Kier molecular flexibility index (Phi) is 5.14. The maximum Gasteiger partial charge on any atom is 0.231 e. The first-order valence-electron chi connectivity index (χ1n) is 7.71. The van der Waals surface area contributed by atoms with Crippen LogP contribution in [0, 0.1) is 11.7 Å². The molecule has 2 heterocycles. The highest BCUT2D eigenvalue weighted by Crippen LogP contribution is 2.20. The smallest absolute Gasteiger partial charge is 0.231 e. The minimum Gasteiger partial charge on any atom is -0.342 e. The van der Waals surface area contributed by atoms with Crippen molar-refractivity contribution in [1.82, 2.24) is 15.1 Å². The van der Waals surface area contributed by atoms with Crippen LogP contribution < -0.4 is 5.32 Å². The Morgan fingerprint density at radius 1 is 1.38 bits per heavy atom. The van der Waals surface area contributed by atoms with Gasteiger partial charge in [-0.05, 0) is 24.5 Å². The zero-order valence-corrected chi connectivity index (χ0v) is 13.8. The van der Waals surface area contributed by atoms with Crippen LogP contribution >= 0.6 is 11.3 Å². The standard InChI is InChI=1S/C16H17FN4O2S/c17-13-6-2-1-4-11(13)8-14(22)21-7-3-5-12(9-21)15(23)19-16-20-18-10-24-16/h1-2,4,6,10,12H,3,5,7-9H2,(H,19,20,23)/t12-/m1/s1. The van der Waals surface area contributed by atoms with Gasteiger partial charge in [0.2, 0.25) is 16.9 Å². The maximum absolute atomic E-state index is 13.7. The average Bonchev–Trinajstić information content (AvgIpc) is 3.10. The molecule has 6 nitrogen and oxygen atoms in total. The number of hydrogen-bond acceptors (Lipinski definition) is 5. The lowest BCUT2D eigenvalue weighted by atomic mass is 9.96. The van der Waals surface area contributed by atoms with E-state index in [0.29, 0.717) is 30.2 Å². The number of piperidine rings is 1. The summed E-state index contributed by atoms with van der Waals surface area (Å²) in [6.07, 6.45) is 1.47. The van der Waals surface area contributed by atoms with Gasteiger partial charge in [0, 0.05) is 13.1 Å². The van der Waals surface area contributed by atoms with Crippen molar-refractivity contribution in [2.75, 3.05) is 18.4 Å². The molecule has 126 valence electrons. The van der Waals surface area contributed by atoms with Crippen LogP contribution in [-0.4, -0.2) is 40.0 Å². The Morgan fingerprint density at radius 3 is 2.96 bits per heavy atom. The summed E-state index contributed by atoms with van der Waals surface area (Å²) in [5, 5.41) is 10.6. The fraction of sp³-hybridized carbons (Fsp3) is 0.375. The third-order valence-electron chi connectivity index (χ3n) is 4.03. The maximum atomic E-state index is 13.7. The molecule has 3 rings (SSSR count). The lowest BCUT2D eigenvalue weighted by Crippen LogP contribution is -2.44. The summed E-state index contributed by atoms with van der Waals surface area (Å²) in [5.74, 6) is -0.982. The molecule has 0 radical (unpaired) electrons. The van der Waals surface area contributed by atoms with Crippen LogP contribution in [0.25, 0.3) is 0 Å². The number of carbonyl (C=O) groups is 2. The van der Waals surface area contributed by atoms with Crippen molar-refractivity contribution >= 4 is 28.3 Å². The first kappa shape index (κ1) is 16.5. The van der Waals surface area contributed by atoms with Crippen LogP contribution in [0.4, 0.5) is 9.52 Å². The van der Waals surface area contributed by atoms with Crippen LogP contribution in [0.5, 0.6) is 0 Å². The van der Waals surface area contributed by atoms with Gasteiger partial charge in [0.05, 0.1) is 12.3 Å². The Balaban J connectivity index is 1.59. The Bertz CT molecular complexity index is 723. The van der Waals surface area contributed by atoms with Crippen molar-refractivity contribution in [3.63, 3.8) is 0 Å². The van der Waals surface area contributed by atoms with Crippen LogP contribution in [0.2, 0.25) is 0 Å². The second kappa shape index (κ2) is 7.48. The summed E-state index contributed by atoms with van der Waals surface area (Å²) in [7, 11) is 0. The van der Waals surface area contributed by atoms with E-state index < -0.39 is 0 Å². The van der Waals surface area contributed by atoms with Gasteiger partial charge in [0.1, 0.15) is 11.3 Å². The monoisotopic (exact) mass is 348 g/mol. The van der Waals surface area contributed by atoms with E-state index in [9.17, 15) is 14.0 Å². The molecule has 1 aliphatic heterocycles. The zero-order chi connectivity index (χ0) is 16.9. The van der Waals surface area contributed by atoms with Gasteiger partial charge in [-0.15, -0.1) is 10.2 Å². The Morgan fingerprint density at radius 2 is 2.21 bits per heavy atom. The predicted molar refractivity (Wildman–Crippen MR) is 87.9 cm³/mol. The molecule has 8 heteroatoms. The molecule has 2 aromatic rings. The molecule has 1 aliphatic rings. The summed E-state index contributed by atoms with van der Waals surface area (Å²) < 4.78 is 13.7. The van der Waals surface area contributed by atoms with Crippen LogP contribution in [0.15, 0.2) is 29.8 Å². The molecule has 1 atom stereocenters. The normalized spacial score (nSPS) is 17.5. The van der Waals surface area contributed by atoms with Gasteiger partial charge in [0.15, 0.2) is 0 Å². The lowest BCUT2D eigenvalue weighted by Gasteiger charge is -2.32. The number of anilines is 1. The molecule has 24 heavy (non-hydrogen) atoms. The number of hydrogen-bond donors (Lipinski definition) is 1. The fourth-order valence-electron chi connectivity index (χ4n) is 2.77. The summed E-state index contributed by atoms with van der Waals surface area (Å²) >= 11 is 1.25. The van der Waals surface area contributed by atoms with Crippen molar-refractivity contribution < 1.29 is 14.0 Å². The van der Waals surface area contributed by atoms with Gasteiger partial charge in [-0.25, -0.2) is 4.39 Å². The summed E-state index contributed by atoms with van der Waals surface area (Å²) in [6, 6.07) is 6.26. The van der Waals surface area contributed by atoms with Crippen LogP contribution in [0.1, 0.15) is 18.4 Å². The number of rotatable bonds is 4. The molecular formula is C16H17FN4O2S. The molecule has 2 amide bonds. The van der Waals surface area contributed by atoms with Gasteiger partial charge in [-0.2, -0.15) is 0 Å². The van der Waals surface area contributed by atoms with Gasteiger partial charge >= 0.3 is 0 Å². The minimum atomic E-state index is -0.381. The number of carbonyl (C=O) groups excluding carboxylic acids is 2. The van der Waals surface area contributed by atoms with E-state index in [1.807, 2.05) is 0 Å². The molecule has 0 spiro atoms. The molecule has 0 unspecified atom stereocenters. The molecule has 1 aromatic carbocycles. The van der Waals surface area contributed by atoms with E-state index in [1.54, 1.807) is 28.6 Å². The fourth-order valence-corrected chi connectivity index (χ4v) is 3.22. The summed E-state index contributed by atoms with van der Waals surface area (Å²) in [6.45, 7) is 0.938. The van der Waals surface area contributed by atoms with Crippen molar-refractivity contribution in [3.8, 4) is 0 Å². The Hall–Kier alpha value is -2.35. The number of nitrogens with zero attached hydrogens (tertiary/aromatic N) is 3. The number of amides is 2. The zero-order valence-electron chi connectivity index (χ0n) is 12.9. The van der Waals surface area contributed by atoms with Crippen molar-refractivity contribution in [3.05, 3.63) is 41.2 Å². The van der Waals surface area contributed by atoms with E-state index in [4.69, 9.17) is 0 Å². The number of likely N-dealkylation sites (tertiary alicyclic amines) is 1. The molecule has 0 aliphatic carbocycles. The highest BCUT2D eigenvalue weighted by molar-refractivity contribution is 7.13. The minimum absolute atomic E-state index is 0.0113. The quantitative estimate of drug-likeness (QED) is 0.918. The third-order valence-corrected chi connectivity index (χ3v) is 4.64. The van der Waals surface area contributed by atoms with Crippen LogP contribution in [0.3, 0.4) is 0 Å². The number of nitrogens with one attached hydrogen (secondary N) is 1. The van der Waals surface area contributed by atoms with E-state index in [2.05, 4.69) is 15.5 Å². The van der Waals surface area contributed by atoms with E-state index in [0.717, 1.165) is 6.42 Å². The second-order valence-corrected chi connectivity index (χ2v) is 6.51. The molecule has 0 bridgehead atoms. The SMILES string of the molecule is O=C(Nc1nncs1)[C@@H]1CCCN(C(=O)Cc2ccccc2F)C1. The molecular weight excluding hydrogens is 331 g/mol. The van der Waals surface area contributed by atoms with E-state index >= 15 is 0 Å². The van der Waals surface area contributed by atoms with Gasteiger partial charge in [-0.3, -0.25) is 9.59 Å². The molecule has 1 saturated heterocycles. The largest absolute Gasteiger partial charge is 0.342 e. The van der Waals surface area contributed by atoms with Gasteiger partial charge in [0.25, 0.3) is 0 Å². The highest BCUT2D eigenvalue weighted by atomic mass is 32.1. The van der Waals surface area contributed by atoms with Crippen LogP contribution in [-0.2, 0) is 16.0 Å². The molecule has 0 saturated carbocycles. The van der Waals surface area contributed by atoms with Crippen molar-refractivity contribution in [1.29, 1.82) is 0 Å². The number of benzene rings is 1. The molecule has 1 aromatic heterocycles. The van der Waals surface area contributed by atoms with Crippen molar-refractivity contribution in [2.24, 2.45) is 5.92 Å². The second-order valence-electron chi connectivity index (χ2n) is 5.68. The van der Waals surface area contributed by atoms with Gasteiger partial charge < -0.3 is 10.2 Å². The average molecular weight is 348 g/mol. The first-order valence-corrected chi connectivity index (χ1v) is 8.59. The highest BCUT2D eigenvalue weighted by Gasteiger charge is 2.29. The summed E-state index contributed by atoms with van der Waals surface area (Å²) in [4.78, 5) is 26.3. The Labute approximate surface area is 142 Å².